The van der Waals surface area contributed by atoms with E-state index in [0.717, 1.165) is 17.8 Å². The smallest absolute Gasteiger partial charge is 0.271 e. The van der Waals surface area contributed by atoms with Crippen LogP contribution in [0.15, 0.2) is 35.7 Å². The number of aryl methyl sites for hydroxylation is 1. The average molecular weight is 258 g/mol. The molecule has 4 heteroatoms. The number of hydrogen-bond donors (Lipinski definition) is 1. The van der Waals surface area contributed by atoms with Gasteiger partial charge in [-0.15, -0.1) is 11.3 Å². The van der Waals surface area contributed by atoms with Crippen molar-refractivity contribution in [2.75, 3.05) is 0 Å². The van der Waals surface area contributed by atoms with E-state index in [9.17, 15) is 4.79 Å². The summed E-state index contributed by atoms with van der Waals surface area (Å²) in [7, 11) is 0. The summed E-state index contributed by atoms with van der Waals surface area (Å²) in [6.07, 6.45) is 2.01. The predicted molar refractivity (Wildman–Crippen MR) is 71.7 cm³/mol. The summed E-state index contributed by atoms with van der Waals surface area (Å²) in [5.74, 6) is -0.0688. The normalized spacial score (nSPS) is 16.3. The molecule has 0 aliphatic heterocycles. The van der Waals surface area contributed by atoms with Gasteiger partial charge in [0, 0.05) is 5.38 Å². The van der Waals surface area contributed by atoms with E-state index in [0.29, 0.717) is 5.69 Å². The van der Waals surface area contributed by atoms with Gasteiger partial charge in [-0.05, 0) is 25.3 Å². The van der Waals surface area contributed by atoms with Gasteiger partial charge in [-0.2, -0.15) is 0 Å². The molecule has 0 spiro atoms. The van der Waals surface area contributed by atoms with Crippen LogP contribution in [0.25, 0.3) is 0 Å². The molecule has 1 saturated carbocycles. The van der Waals surface area contributed by atoms with Crippen LogP contribution in [0, 0.1) is 6.92 Å². The molecule has 0 unspecified atom stereocenters. The van der Waals surface area contributed by atoms with Crippen LogP contribution in [-0.4, -0.2) is 10.9 Å². The number of aromatic nitrogens is 1. The molecule has 18 heavy (non-hydrogen) atoms. The number of nitrogens with zero attached hydrogens (tertiary/aromatic N) is 1. The van der Waals surface area contributed by atoms with E-state index < -0.39 is 0 Å². The van der Waals surface area contributed by atoms with Crippen molar-refractivity contribution >= 4 is 17.2 Å². The Bertz CT molecular complexity index is 572. The van der Waals surface area contributed by atoms with Crippen molar-refractivity contribution in [1.82, 2.24) is 10.3 Å². The summed E-state index contributed by atoms with van der Waals surface area (Å²) < 4.78 is 0. The zero-order valence-corrected chi connectivity index (χ0v) is 11.0. The van der Waals surface area contributed by atoms with E-state index in [-0.39, 0.29) is 11.4 Å². The molecule has 1 heterocycles. The Kier molecular flexibility index (Phi) is 2.67. The molecule has 1 aromatic carbocycles. The fourth-order valence-electron chi connectivity index (χ4n) is 2.12. The lowest BCUT2D eigenvalue weighted by Gasteiger charge is -2.17. The van der Waals surface area contributed by atoms with Gasteiger partial charge in [-0.1, -0.05) is 30.3 Å². The van der Waals surface area contributed by atoms with Gasteiger partial charge >= 0.3 is 0 Å². The number of hydrogen-bond acceptors (Lipinski definition) is 3. The minimum absolute atomic E-state index is 0.0688. The number of amides is 1. The van der Waals surface area contributed by atoms with Crippen LogP contribution >= 0.6 is 11.3 Å². The van der Waals surface area contributed by atoms with Crippen molar-refractivity contribution < 1.29 is 4.79 Å². The highest BCUT2D eigenvalue weighted by Crippen LogP contribution is 2.45. The Morgan fingerprint density at radius 2 is 2.06 bits per heavy atom. The summed E-state index contributed by atoms with van der Waals surface area (Å²) in [6, 6.07) is 10.1. The minimum atomic E-state index is -0.157. The third-order valence-electron chi connectivity index (χ3n) is 3.28. The lowest BCUT2D eigenvalue weighted by atomic mass is 10.1. The molecule has 3 nitrogen and oxygen atoms in total. The highest BCUT2D eigenvalue weighted by molar-refractivity contribution is 7.09. The Balaban J connectivity index is 1.79. The largest absolute Gasteiger partial charge is 0.341 e. The molecule has 92 valence electrons. The maximum Gasteiger partial charge on any atom is 0.271 e. The molecule has 3 rings (SSSR count). The maximum atomic E-state index is 12.1. The summed E-state index contributed by atoms with van der Waals surface area (Å²) in [6.45, 7) is 1.91. The van der Waals surface area contributed by atoms with E-state index in [1.807, 2.05) is 30.5 Å². The Morgan fingerprint density at radius 3 is 2.61 bits per heavy atom. The number of thiazole rings is 1. The minimum Gasteiger partial charge on any atom is -0.341 e. The first-order valence-corrected chi connectivity index (χ1v) is 6.88. The average Bonchev–Trinajstić information content (AvgIpc) is 3.04. The van der Waals surface area contributed by atoms with Crippen molar-refractivity contribution in [2.45, 2.75) is 25.3 Å². The van der Waals surface area contributed by atoms with Crippen LogP contribution in [0.4, 0.5) is 0 Å². The lowest BCUT2D eigenvalue weighted by molar-refractivity contribution is 0.0926. The molecule has 0 radical (unpaired) electrons. The first-order valence-electron chi connectivity index (χ1n) is 6.00. The Hall–Kier alpha value is -1.68. The van der Waals surface area contributed by atoms with Gasteiger partial charge in [0.05, 0.1) is 10.5 Å². The van der Waals surface area contributed by atoms with Crippen LogP contribution < -0.4 is 5.32 Å². The summed E-state index contributed by atoms with van der Waals surface area (Å²) >= 11 is 1.50. The SMILES string of the molecule is Cc1nc(C(=O)NC2(c3ccccc3)CC2)cs1. The van der Waals surface area contributed by atoms with Crippen LogP contribution in [0.1, 0.15) is 33.9 Å². The van der Waals surface area contributed by atoms with Gasteiger partial charge in [-0.3, -0.25) is 4.79 Å². The Morgan fingerprint density at radius 1 is 1.33 bits per heavy atom. The molecule has 1 amide bonds. The van der Waals surface area contributed by atoms with Gasteiger partial charge < -0.3 is 5.32 Å². The zero-order valence-electron chi connectivity index (χ0n) is 10.1. The first kappa shape index (κ1) is 11.4. The molecule has 1 aliphatic rings. The fraction of sp³-hybridized carbons (Fsp3) is 0.286. The van der Waals surface area contributed by atoms with Gasteiger partial charge in [-0.25, -0.2) is 4.98 Å². The summed E-state index contributed by atoms with van der Waals surface area (Å²) in [4.78, 5) is 16.3. The third kappa shape index (κ3) is 2.04. The van der Waals surface area contributed by atoms with Gasteiger partial charge in [0.25, 0.3) is 5.91 Å². The molecule has 1 fully saturated rings. The van der Waals surface area contributed by atoms with Gasteiger partial charge in [0.2, 0.25) is 0 Å². The van der Waals surface area contributed by atoms with Crippen LogP contribution in [0.2, 0.25) is 0 Å². The van der Waals surface area contributed by atoms with Crippen molar-refractivity contribution in [3.05, 3.63) is 52.0 Å². The highest BCUT2D eigenvalue weighted by atomic mass is 32.1. The number of carbonyl (C=O) groups is 1. The van der Waals surface area contributed by atoms with Gasteiger partial charge in [0.15, 0.2) is 0 Å². The van der Waals surface area contributed by atoms with E-state index >= 15 is 0 Å². The second-order valence-corrected chi connectivity index (χ2v) is 5.72. The number of nitrogens with one attached hydrogen (secondary N) is 1. The second kappa shape index (κ2) is 4.21. The molecule has 0 saturated heterocycles. The predicted octanol–water partition coefficient (Wildman–Crippen LogP) is 2.87. The van der Waals surface area contributed by atoms with E-state index in [4.69, 9.17) is 0 Å². The molecule has 1 aliphatic carbocycles. The first-order chi connectivity index (χ1) is 8.70. The maximum absolute atomic E-state index is 12.1. The third-order valence-corrected chi connectivity index (χ3v) is 4.05. The molecule has 1 aromatic heterocycles. The van der Waals surface area contributed by atoms with Crippen LogP contribution in [-0.2, 0) is 5.54 Å². The van der Waals surface area contributed by atoms with E-state index in [1.54, 1.807) is 0 Å². The molecular weight excluding hydrogens is 244 g/mol. The second-order valence-electron chi connectivity index (χ2n) is 4.65. The van der Waals surface area contributed by atoms with Crippen molar-refractivity contribution in [2.24, 2.45) is 0 Å². The van der Waals surface area contributed by atoms with Crippen LogP contribution in [0.3, 0.4) is 0 Å². The van der Waals surface area contributed by atoms with Crippen LogP contribution in [0.5, 0.6) is 0 Å². The monoisotopic (exact) mass is 258 g/mol. The molecule has 0 atom stereocenters. The number of carbonyl (C=O) groups excluding carboxylic acids is 1. The van der Waals surface area contributed by atoms with E-state index in [1.165, 1.54) is 16.9 Å². The summed E-state index contributed by atoms with van der Waals surface area (Å²) in [5.41, 5.74) is 1.56. The Labute approximate surface area is 110 Å². The highest BCUT2D eigenvalue weighted by Gasteiger charge is 2.45. The fourth-order valence-corrected chi connectivity index (χ4v) is 2.71. The number of rotatable bonds is 3. The number of benzene rings is 1. The van der Waals surface area contributed by atoms with Crippen molar-refractivity contribution in [1.29, 1.82) is 0 Å². The van der Waals surface area contributed by atoms with Crippen molar-refractivity contribution in [3.8, 4) is 0 Å². The quantitative estimate of drug-likeness (QED) is 0.919. The summed E-state index contributed by atoms with van der Waals surface area (Å²) in [5, 5.41) is 5.85. The zero-order chi connectivity index (χ0) is 12.6. The van der Waals surface area contributed by atoms with E-state index in [2.05, 4.69) is 22.4 Å². The molecule has 1 N–H and O–H groups in total. The topological polar surface area (TPSA) is 42.0 Å². The lowest BCUT2D eigenvalue weighted by Crippen LogP contribution is -2.35. The standard InChI is InChI=1S/C14H14N2OS/c1-10-15-12(9-18-10)13(17)16-14(7-8-14)11-5-3-2-4-6-11/h2-6,9H,7-8H2,1H3,(H,16,17). The van der Waals surface area contributed by atoms with Gasteiger partial charge in [0.1, 0.15) is 5.69 Å². The molecule has 2 aromatic rings. The molecule has 0 bridgehead atoms. The van der Waals surface area contributed by atoms with Crippen molar-refractivity contribution in [3.63, 3.8) is 0 Å². The molecular formula is C14H14N2OS.